The van der Waals surface area contributed by atoms with Gasteiger partial charge in [-0.1, -0.05) is 23.4 Å². The van der Waals surface area contributed by atoms with E-state index >= 15 is 0 Å². The number of aromatic amines is 1. The van der Waals surface area contributed by atoms with Gasteiger partial charge in [-0.3, -0.25) is 5.10 Å². The molecule has 7 heteroatoms. The Kier molecular flexibility index (Phi) is 2.81. The van der Waals surface area contributed by atoms with Gasteiger partial charge in [0.1, 0.15) is 5.03 Å². The molecule has 0 spiro atoms. The maximum Gasteiger partial charge on any atom is 0.223 e. The number of rotatable bonds is 2. The maximum absolute atomic E-state index is 5.85. The van der Waals surface area contributed by atoms with Gasteiger partial charge in [-0.25, -0.2) is 4.98 Å². The average Bonchev–Trinajstić information content (AvgIpc) is 2.80. The van der Waals surface area contributed by atoms with Crippen LogP contribution in [0, 0.1) is 0 Å². The van der Waals surface area contributed by atoms with Crippen LogP contribution < -0.4 is 5.73 Å². The van der Waals surface area contributed by atoms with Gasteiger partial charge in [0, 0.05) is 9.92 Å². The molecule has 0 saturated carbocycles. The van der Waals surface area contributed by atoms with Crippen molar-refractivity contribution in [1.82, 2.24) is 20.2 Å². The monoisotopic (exact) mass is 277 g/mol. The second kappa shape index (κ2) is 4.47. The molecule has 0 aliphatic carbocycles. The lowest BCUT2D eigenvalue weighted by atomic mass is 10.4. The standard InChI is InChI=1S/C11H8ClN5S/c12-6-1-3-7(4-2-6)18-10-8-5-14-17-9(8)15-11(13)16-10/h1-5H,(H3,13,14,15,16,17). The summed E-state index contributed by atoms with van der Waals surface area (Å²) in [6.07, 6.45) is 1.69. The van der Waals surface area contributed by atoms with E-state index in [0.29, 0.717) is 10.7 Å². The fourth-order valence-electron chi connectivity index (χ4n) is 1.52. The van der Waals surface area contributed by atoms with Crippen molar-refractivity contribution in [2.45, 2.75) is 9.92 Å². The molecule has 3 rings (SSSR count). The minimum atomic E-state index is 0.225. The molecule has 0 atom stereocenters. The lowest BCUT2D eigenvalue weighted by Crippen LogP contribution is -1.96. The smallest absolute Gasteiger partial charge is 0.223 e. The van der Waals surface area contributed by atoms with Crippen molar-refractivity contribution in [3.8, 4) is 0 Å². The van der Waals surface area contributed by atoms with E-state index in [1.165, 1.54) is 11.8 Å². The zero-order valence-corrected chi connectivity index (χ0v) is 10.7. The number of fused-ring (bicyclic) bond motifs is 1. The van der Waals surface area contributed by atoms with E-state index in [9.17, 15) is 0 Å². The first-order valence-corrected chi connectivity index (χ1v) is 6.32. The quantitative estimate of drug-likeness (QED) is 0.704. The second-order valence-electron chi connectivity index (χ2n) is 3.58. The van der Waals surface area contributed by atoms with Gasteiger partial charge in [0.15, 0.2) is 5.65 Å². The molecule has 0 saturated heterocycles. The highest BCUT2D eigenvalue weighted by molar-refractivity contribution is 7.99. The number of anilines is 1. The Morgan fingerprint density at radius 1 is 1.17 bits per heavy atom. The van der Waals surface area contributed by atoms with Crippen molar-refractivity contribution < 1.29 is 0 Å². The molecule has 3 aromatic rings. The van der Waals surface area contributed by atoms with E-state index in [1.54, 1.807) is 6.20 Å². The third-order valence-corrected chi connectivity index (χ3v) is 3.58. The number of H-pyrrole nitrogens is 1. The minimum absolute atomic E-state index is 0.225. The van der Waals surface area contributed by atoms with Gasteiger partial charge in [0.05, 0.1) is 11.6 Å². The molecule has 18 heavy (non-hydrogen) atoms. The summed E-state index contributed by atoms with van der Waals surface area (Å²) < 4.78 is 0. The third-order valence-electron chi connectivity index (χ3n) is 2.32. The first kappa shape index (κ1) is 11.3. The van der Waals surface area contributed by atoms with Gasteiger partial charge in [-0.2, -0.15) is 10.1 Å². The molecule has 0 bridgehead atoms. The summed E-state index contributed by atoms with van der Waals surface area (Å²) in [5, 5.41) is 9.05. The topological polar surface area (TPSA) is 80.5 Å². The number of halogens is 1. The summed E-state index contributed by atoms with van der Waals surface area (Å²) in [5.41, 5.74) is 6.30. The Bertz CT molecular complexity index is 694. The molecule has 2 heterocycles. The molecule has 0 unspecified atom stereocenters. The zero-order valence-electron chi connectivity index (χ0n) is 9.09. The summed E-state index contributed by atoms with van der Waals surface area (Å²) in [6, 6.07) is 7.52. The van der Waals surface area contributed by atoms with Crippen LogP contribution in [0.3, 0.4) is 0 Å². The van der Waals surface area contributed by atoms with Crippen LogP contribution in [0.5, 0.6) is 0 Å². The van der Waals surface area contributed by atoms with E-state index in [1.807, 2.05) is 24.3 Å². The predicted molar refractivity (Wildman–Crippen MR) is 71.7 cm³/mol. The number of hydrogen-bond donors (Lipinski definition) is 2. The molecule has 1 aromatic carbocycles. The summed E-state index contributed by atoms with van der Waals surface area (Å²) in [4.78, 5) is 9.32. The molecular formula is C11H8ClN5S. The van der Waals surface area contributed by atoms with E-state index < -0.39 is 0 Å². The normalized spacial score (nSPS) is 10.9. The van der Waals surface area contributed by atoms with Crippen LogP contribution in [0.25, 0.3) is 11.0 Å². The SMILES string of the molecule is Nc1nc(Sc2ccc(Cl)cc2)c2cn[nH]c2n1. The Hall–Kier alpha value is -1.79. The predicted octanol–water partition coefficient (Wildman–Crippen LogP) is 2.74. The Morgan fingerprint density at radius 2 is 1.94 bits per heavy atom. The summed E-state index contributed by atoms with van der Waals surface area (Å²) in [6.45, 7) is 0. The minimum Gasteiger partial charge on any atom is -0.368 e. The summed E-state index contributed by atoms with van der Waals surface area (Å²) in [5.74, 6) is 0.225. The highest BCUT2D eigenvalue weighted by Crippen LogP contribution is 2.31. The Labute approximate surface area is 112 Å². The molecule has 0 fully saturated rings. The van der Waals surface area contributed by atoms with Gasteiger partial charge in [0.2, 0.25) is 5.95 Å². The molecular weight excluding hydrogens is 270 g/mol. The van der Waals surface area contributed by atoms with Crippen LogP contribution in [0.4, 0.5) is 5.95 Å². The average molecular weight is 278 g/mol. The van der Waals surface area contributed by atoms with Crippen molar-refractivity contribution in [3.63, 3.8) is 0 Å². The van der Waals surface area contributed by atoms with Crippen LogP contribution in [-0.4, -0.2) is 20.2 Å². The van der Waals surface area contributed by atoms with Crippen molar-refractivity contribution in [2.75, 3.05) is 5.73 Å². The highest BCUT2D eigenvalue weighted by Gasteiger charge is 2.09. The number of nitrogen functional groups attached to an aromatic ring is 1. The fourth-order valence-corrected chi connectivity index (χ4v) is 2.54. The number of benzene rings is 1. The van der Waals surface area contributed by atoms with Crippen LogP contribution in [0.15, 0.2) is 40.4 Å². The number of hydrogen-bond acceptors (Lipinski definition) is 5. The van der Waals surface area contributed by atoms with Crippen molar-refractivity contribution in [2.24, 2.45) is 0 Å². The van der Waals surface area contributed by atoms with Crippen LogP contribution >= 0.6 is 23.4 Å². The molecule has 90 valence electrons. The largest absolute Gasteiger partial charge is 0.368 e. The number of nitrogens with zero attached hydrogens (tertiary/aromatic N) is 3. The van der Waals surface area contributed by atoms with Gasteiger partial charge in [0.25, 0.3) is 0 Å². The first-order chi connectivity index (χ1) is 8.72. The number of nitrogens with two attached hydrogens (primary N) is 1. The van der Waals surface area contributed by atoms with Gasteiger partial charge < -0.3 is 5.73 Å². The van der Waals surface area contributed by atoms with E-state index in [2.05, 4.69) is 20.2 Å². The number of aromatic nitrogens is 4. The molecule has 0 radical (unpaired) electrons. The Balaban J connectivity index is 2.03. The molecule has 0 aliphatic heterocycles. The van der Waals surface area contributed by atoms with Crippen molar-refractivity contribution in [1.29, 1.82) is 0 Å². The fraction of sp³-hybridized carbons (Fsp3) is 0. The molecule has 5 nitrogen and oxygen atoms in total. The van der Waals surface area contributed by atoms with Crippen LogP contribution in [0.2, 0.25) is 5.02 Å². The van der Waals surface area contributed by atoms with Crippen molar-refractivity contribution >= 4 is 40.3 Å². The summed E-state index contributed by atoms with van der Waals surface area (Å²) in [7, 11) is 0. The van der Waals surface area contributed by atoms with E-state index in [-0.39, 0.29) is 5.95 Å². The van der Waals surface area contributed by atoms with Gasteiger partial charge >= 0.3 is 0 Å². The van der Waals surface area contributed by atoms with Gasteiger partial charge in [-0.15, -0.1) is 0 Å². The summed E-state index contributed by atoms with van der Waals surface area (Å²) >= 11 is 7.34. The van der Waals surface area contributed by atoms with Gasteiger partial charge in [-0.05, 0) is 24.3 Å². The lowest BCUT2D eigenvalue weighted by Gasteiger charge is -2.03. The van der Waals surface area contributed by atoms with E-state index in [0.717, 1.165) is 15.3 Å². The maximum atomic E-state index is 5.85. The molecule has 0 amide bonds. The number of nitrogens with one attached hydrogen (secondary N) is 1. The van der Waals surface area contributed by atoms with E-state index in [4.69, 9.17) is 17.3 Å². The second-order valence-corrected chi connectivity index (χ2v) is 5.07. The molecule has 0 aliphatic rings. The first-order valence-electron chi connectivity index (χ1n) is 5.12. The van der Waals surface area contributed by atoms with Crippen LogP contribution in [-0.2, 0) is 0 Å². The third kappa shape index (κ3) is 2.12. The van der Waals surface area contributed by atoms with Crippen molar-refractivity contribution in [3.05, 3.63) is 35.5 Å². The van der Waals surface area contributed by atoms with Crippen LogP contribution in [0.1, 0.15) is 0 Å². The Morgan fingerprint density at radius 3 is 2.72 bits per heavy atom. The molecule has 2 aromatic heterocycles. The highest BCUT2D eigenvalue weighted by atomic mass is 35.5. The zero-order chi connectivity index (χ0) is 12.5. The lowest BCUT2D eigenvalue weighted by molar-refractivity contribution is 1.08. The molecule has 3 N–H and O–H groups in total.